The average Bonchev–Trinajstić information content (AvgIpc) is 2.65. The van der Waals surface area contributed by atoms with Crippen LogP contribution in [0.2, 0.25) is 0 Å². The Morgan fingerprint density at radius 1 is 1.75 bits per heavy atom. The summed E-state index contributed by atoms with van der Waals surface area (Å²) in [4.78, 5) is 11.8. The quantitative estimate of drug-likeness (QED) is 0.660. The van der Waals surface area contributed by atoms with E-state index in [-0.39, 0.29) is 11.9 Å². The molecule has 0 spiro atoms. The van der Waals surface area contributed by atoms with Crippen molar-refractivity contribution < 1.29 is 9.53 Å². The molecule has 0 fully saturated rings. The summed E-state index contributed by atoms with van der Waals surface area (Å²) in [7, 11) is 1.61. The molecular weight excluding hydrogens is 208 g/mol. The lowest BCUT2D eigenvalue weighted by Gasteiger charge is -2.16. The van der Waals surface area contributed by atoms with Crippen LogP contribution in [0, 0.1) is 0 Å². The van der Waals surface area contributed by atoms with Gasteiger partial charge in [0.2, 0.25) is 0 Å². The van der Waals surface area contributed by atoms with Crippen LogP contribution < -0.4 is 11.1 Å². The second kappa shape index (κ2) is 6.12. The van der Waals surface area contributed by atoms with Crippen molar-refractivity contribution >= 4 is 11.6 Å². The number of hydrogen-bond acceptors (Lipinski definition) is 4. The lowest BCUT2D eigenvalue weighted by Crippen LogP contribution is -2.38. The van der Waals surface area contributed by atoms with Crippen molar-refractivity contribution in [2.24, 2.45) is 0 Å². The van der Waals surface area contributed by atoms with Crippen molar-refractivity contribution in [2.45, 2.75) is 25.8 Å². The summed E-state index contributed by atoms with van der Waals surface area (Å²) in [5, 5.41) is 9.11. The highest BCUT2D eigenvalue weighted by atomic mass is 16.5. The zero-order chi connectivity index (χ0) is 12.0. The van der Waals surface area contributed by atoms with Crippen LogP contribution in [0.25, 0.3) is 0 Å². The summed E-state index contributed by atoms with van der Waals surface area (Å²) in [6.07, 6.45) is 3.26. The molecule has 1 atom stereocenters. The standard InChI is InChI=1S/C10H18N4O2/c1-3-4-7(6-16-2)13-10(15)9-8(11)5-12-14-9/h5,7H,3-4,6,11H2,1-2H3,(H,12,14)(H,13,15). The molecule has 0 radical (unpaired) electrons. The fourth-order valence-corrected chi connectivity index (χ4v) is 1.48. The fourth-order valence-electron chi connectivity index (χ4n) is 1.48. The number of hydrogen-bond donors (Lipinski definition) is 3. The van der Waals surface area contributed by atoms with E-state index in [0.29, 0.717) is 18.0 Å². The van der Waals surface area contributed by atoms with Gasteiger partial charge in [0.15, 0.2) is 0 Å². The summed E-state index contributed by atoms with van der Waals surface area (Å²) >= 11 is 0. The van der Waals surface area contributed by atoms with E-state index < -0.39 is 0 Å². The predicted molar refractivity (Wildman–Crippen MR) is 61.0 cm³/mol. The Bertz CT molecular complexity index is 331. The highest BCUT2D eigenvalue weighted by Crippen LogP contribution is 2.07. The number of amides is 1. The first-order chi connectivity index (χ1) is 7.69. The van der Waals surface area contributed by atoms with Gasteiger partial charge in [0, 0.05) is 7.11 Å². The first kappa shape index (κ1) is 12.5. The van der Waals surface area contributed by atoms with Crippen molar-refractivity contribution in [3.05, 3.63) is 11.9 Å². The van der Waals surface area contributed by atoms with E-state index in [1.165, 1.54) is 6.20 Å². The highest BCUT2D eigenvalue weighted by molar-refractivity contribution is 5.97. The molecule has 0 aromatic carbocycles. The summed E-state index contributed by atoms with van der Waals surface area (Å²) in [6, 6.07) is 0.00481. The minimum absolute atomic E-state index is 0.00481. The number of aromatic nitrogens is 2. The summed E-state index contributed by atoms with van der Waals surface area (Å²) in [5.74, 6) is -0.245. The number of nitrogens with zero attached hydrogens (tertiary/aromatic N) is 1. The Labute approximate surface area is 94.5 Å². The Morgan fingerprint density at radius 2 is 2.50 bits per heavy atom. The van der Waals surface area contributed by atoms with Gasteiger partial charge in [-0.2, -0.15) is 5.10 Å². The summed E-state index contributed by atoms with van der Waals surface area (Å²) in [6.45, 7) is 2.55. The third kappa shape index (κ3) is 3.23. The fraction of sp³-hybridized carbons (Fsp3) is 0.600. The predicted octanol–water partition coefficient (Wildman–Crippen LogP) is 0.537. The molecule has 1 amide bonds. The van der Waals surface area contributed by atoms with Gasteiger partial charge in [-0.05, 0) is 6.42 Å². The molecule has 0 aliphatic rings. The van der Waals surface area contributed by atoms with Crippen LogP contribution in [0.4, 0.5) is 5.69 Å². The van der Waals surface area contributed by atoms with Gasteiger partial charge >= 0.3 is 0 Å². The zero-order valence-corrected chi connectivity index (χ0v) is 9.62. The van der Waals surface area contributed by atoms with Gasteiger partial charge in [0.1, 0.15) is 5.69 Å². The summed E-state index contributed by atoms with van der Waals surface area (Å²) in [5.41, 5.74) is 6.23. The number of rotatable bonds is 6. The molecule has 0 bridgehead atoms. The van der Waals surface area contributed by atoms with E-state index in [9.17, 15) is 4.79 Å². The maximum atomic E-state index is 11.8. The molecular formula is C10H18N4O2. The minimum atomic E-state index is -0.245. The van der Waals surface area contributed by atoms with Crippen molar-refractivity contribution in [2.75, 3.05) is 19.5 Å². The maximum Gasteiger partial charge on any atom is 0.271 e. The highest BCUT2D eigenvalue weighted by Gasteiger charge is 2.16. The number of carbonyl (C=O) groups is 1. The molecule has 0 aliphatic heterocycles. The summed E-state index contributed by atoms with van der Waals surface area (Å²) < 4.78 is 5.03. The number of aromatic amines is 1. The smallest absolute Gasteiger partial charge is 0.271 e. The van der Waals surface area contributed by atoms with E-state index in [1.807, 2.05) is 0 Å². The van der Waals surface area contributed by atoms with Crippen molar-refractivity contribution in [3.63, 3.8) is 0 Å². The number of ether oxygens (including phenoxy) is 1. The van der Waals surface area contributed by atoms with Gasteiger partial charge in [-0.15, -0.1) is 0 Å². The number of methoxy groups -OCH3 is 1. The molecule has 0 aliphatic carbocycles. The molecule has 1 heterocycles. The van der Waals surface area contributed by atoms with Gasteiger partial charge in [0.05, 0.1) is 24.5 Å². The second-order valence-corrected chi connectivity index (χ2v) is 3.61. The van der Waals surface area contributed by atoms with Gasteiger partial charge in [-0.1, -0.05) is 13.3 Å². The Morgan fingerprint density at radius 3 is 3.00 bits per heavy atom. The molecule has 0 saturated carbocycles. The Kier molecular flexibility index (Phi) is 4.78. The van der Waals surface area contributed by atoms with E-state index in [1.54, 1.807) is 7.11 Å². The normalized spacial score (nSPS) is 12.4. The Hall–Kier alpha value is -1.56. The zero-order valence-electron chi connectivity index (χ0n) is 9.62. The molecule has 1 unspecified atom stereocenters. The maximum absolute atomic E-state index is 11.8. The molecule has 1 aromatic heterocycles. The number of nitrogens with one attached hydrogen (secondary N) is 2. The number of nitrogens with two attached hydrogens (primary N) is 1. The Balaban J connectivity index is 2.58. The van der Waals surface area contributed by atoms with Crippen LogP contribution in [-0.2, 0) is 4.74 Å². The van der Waals surface area contributed by atoms with E-state index in [2.05, 4.69) is 22.4 Å². The average molecular weight is 226 g/mol. The minimum Gasteiger partial charge on any atom is -0.396 e. The SMILES string of the molecule is CCCC(COC)NC(=O)c1[nH]ncc1N. The second-order valence-electron chi connectivity index (χ2n) is 3.61. The number of nitrogen functional groups attached to an aromatic ring is 1. The lowest BCUT2D eigenvalue weighted by atomic mass is 10.1. The topological polar surface area (TPSA) is 93.0 Å². The van der Waals surface area contributed by atoms with E-state index in [4.69, 9.17) is 10.5 Å². The number of H-pyrrole nitrogens is 1. The third-order valence-corrected chi connectivity index (χ3v) is 2.24. The van der Waals surface area contributed by atoms with Gasteiger partial charge < -0.3 is 15.8 Å². The molecule has 90 valence electrons. The van der Waals surface area contributed by atoms with Crippen LogP contribution in [-0.4, -0.2) is 35.9 Å². The van der Waals surface area contributed by atoms with Crippen molar-refractivity contribution in [3.8, 4) is 0 Å². The molecule has 0 saturated heterocycles. The van der Waals surface area contributed by atoms with Crippen molar-refractivity contribution in [1.82, 2.24) is 15.5 Å². The number of anilines is 1. The van der Waals surface area contributed by atoms with Crippen LogP contribution in [0.15, 0.2) is 6.20 Å². The van der Waals surface area contributed by atoms with Gasteiger partial charge in [-0.25, -0.2) is 0 Å². The van der Waals surface area contributed by atoms with Gasteiger partial charge in [-0.3, -0.25) is 9.89 Å². The number of carbonyl (C=O) groups excluding carboxylic acids is 1. The van der Waals surface area contributed by atoms with E-state index >= 15 is 0 Å². The molecule has 6 nitrogen and oxygen atoms in total. The molecule has 16 heavy (non-hydrogen) atoms. The third-order valence-electron chi connectivity index (χ3n) is 2.24. The largest absolute Gasteiger partial charge is 0.396 e. The lowest BCUT2D eigenvalue weighted by molar-refractivity contribution is 0.0887. The van der Waals surface area contributed by atoms with Crippen LogP contribution >= 0.6 is 0 Å². The molecule has 1 rings (SSSR count). The van der Waals surface area contributed by atoms with Crippen molar-refractivity contribution in [1.29, 1.82) is 0 Å². The first-order valence-electron chi connectivity index (χ1n) is 5.27. The first-order valence-corrected chi connectivity index (χ1v) is 5.27. The molecule has 1 aromatic rings. The monoisotopic (exact) mass is 226 g/mol. The van der Waals surface area contributed by atoms with E-state index in [0.717, 1.165) is 12.8 Å². The van der Waals surface area contributed by atoms with Crippen LogP contribution in [0.3, 0.4) is 0 Å². The molecule has 6 heteroatoms. The van der Waals surface area contributed by atoms with Gasteiger partial charge in [0.25, 0.3) is 5.91 Å². The van der Waals surface area contributed by atoms with Crippen LogP contribution in [0.1, 0.15) is 30.3 Å². The molecule has 4 N–H and O–H groups in total. The van der Waals surface area contributed by atoms with Crippen LogP contribution in [0.5, 0.6) is 0 Å².